The van der Waals surface area contributed by atoms with Crippen molar-refractivity contribution in [3.63, 3.8) is 0 Å². The molecule has 0 unspecified atom stereocenters. The lowest BCUT2D eigenvalue weighted by Crippen LogP contribution is -2.21. The first-order chi connectivity index (χ1) is 7.00. The lowest BCUT2D eigenvalue weighted by molar-refractivity contribution is 1.21. The SMILES string of the molecule is Cc1cc(C=NN=C(N)N)cc(C)c1Cl. The highest BCUT2D eigenvalue weighted by Gasteiger charge is 2.00. The molecule has 4 nitrogen and oxygen atoms in total. The molecule has 0 atom stereocenters. The van der Waals surface area contributed by atoms with Gasteiger partial charge in [-0.05, 0) is 42.7 Å². The van der Waals surface area contributed by atoms with E-state index in [0.717, 1.165) is 21.7 Å². The highest BCUT2D eigenvalue weighted by atomic mass is 35.5. The van der Waals surface area contributed by atoms with Crippen LogP contribution in [0.15, 0.2) is 22.3 Å². The van der Waals surface area contributed by atoms with Crippen LogP contribution in [0.3, 0.4) is 0 Å². The van der Waals surface area contributed by atoms with Gasteiger partial charge in [-0.25, -0.2) is 0 Å². The highest BCUT2D eigenvalue weighted by Crippen LogP contribution is 2.20. The second-order valence-electron chi connectivity index (χ2n) is 3.24. The van der Waals surface area contributed by atoms with E-state index in [4.69, 9.17) is 23.1 Å². The van der Waals surface area contributed by atoms with Crippen molar-refractivity contribution in [2.45, 2.75) is 13.8 Å². The third-order valence-electron chi connectivity index (χ3n) is 1.84. The molecule has 0 amide bonds. The molecule has 0 saturated carbocycles. The van der Waals surface area contributed by atoms with E-state index < -0.39 is 0 Å². The fourth-order valence-electron chi connectivity index (χ4n) is 1.22. The summed E-state index contributed by atoms with van der Waals surface area (Å²) in [6.07, 6.45) is 1.58. The molecule has 0 radical (unpaired) electrons. The van der Waals surface area contributed by atoms with Crippen LogP contribution in [0.4, 0.5) is 0 Å². The van der Waals surface area contributed by atoms with E-state index in [1.54, 1.807) is 6.21 Å². The number of halogens is 1. The van der Waals surface area contributed by atoms with Crippen LogP contribution in [0.5, 0.6) is 0 Å². The van der Waals surface area contributed by atoms with Gasteiger partial charge in [-0.15, -0.1) is 5.10 Å². The summed E-state index contributed by atoms with van der Waals surface area (Å²) >= 11 is 6.02. The van der Waals surface area contributed by atoms with Gasteiger partial charge in [0, 0.05) is 5.02 Å². The average molecular weight is 225 g/mol. The second kappa shape index (κ2) is 4.79. The molecular formula is C10H13ClN4. The first-order valence-electron chi connectivity index (χ1n) is 4.39. The Morgan fingerprint density at radius 2 is 1.80 bits per heavy atom. The molecule has 0 aliphatic heterocycles. The Kier molecular flexibility index (Phi) is 3.68. The normalized spacial score (nSPS) is 10.6. The van der Waals surface area contributed by atoms with Gasteiger partial charge >= 0.3 is 0 Å². The summed E-state index contributed by atoms with van der Waals surface area (Å²) in [5.41, 5.74) is 13.2. The standard InChI is InChI=1S/C10H13ClN4/c1-6-3-8(4-7(2)9(6)11)5-14-15-10(12)13/h3-5H,1-2H3,(H4,12,13,15). The Morgan fingerprint density at radius 3 is 2.27 bits per heavy atom. The number of guanidine groups is 1. The predicted molar refractivity (Wildman–Crippen MR) is 64.3 cm³/mol. The molecule has 15 heavy (non-hydrogen) atoms. The Bertz CT molecular complexity index is 396. The van der Waals surface area contributed by atoms with Crippen molar-refractivity contribution in [1.82, 2.24) is 0 Å². The van der Waals surface area contributed by atoms with E-state index in [2.05, 4.69) is 10.2 Å². The van der Waals surface area contributed by atoms with Gasteiger partial charge in [-0.2, -0.15) is 5.10 Å². The molecule has 5 heteroatoms. The molecule has 0 fully saturated rings. The number of aryl methyl sites for hydroxylation is 2. The van der Waals surface area contributed by atoms with E-state index in [-0.39, 0.29) is 5.96 Å². The number of nitrogens with two attached hydrogens (primary N) is 2. The topological polar surface area (TPSA) is 76.8 Å². The van der Waals surface area contributed by atoms with E-state index in [1.165, 1.54) is 0 Å². The summed E-state index contributed by atoms with van der Waals surface area (Å²) in [6, 6.07) is 3.84. The summed E-state index contributed by atoms with van der Waals surface area (Å²) < 4.78 is 0. The van der Waals surface area contributed by atoms with Crippen molar-refractivity contribution in [1.29, 1.82) is 0 Å². The predicted octanol–water partition coefficient (Wildman–Crippen LogP) is 1.56. The monoisotopic (exact) mass is 224 g/mol. The Balaban J connectivity index is 2.98. The average Bonchev–Trinajstić information content (AvgIpc) is 2.13. The zero-order valence-corrected chi connectivity index (χ0v) is 9.42. The van der Waals surface area contributed by atoms with Crippen molar-refractivity contribution < 1.29 is 0 Å². The van der Waals surface area contributed by atoms with Crippen LogP contribution in [0, 0.1) is 13.8 Å². The van der Waals surface area contributed by atoms with Crippen LogP contribution in [0.1, 0.15) is 16.7 Å². The molecule has 1 aromatic carbocycles. The third-order valence-corrected chi connectivity index (χ3v) is 2.43. The Hall–Kier alpha value is -1.55. The number of hydrogen-bond donors (Lipinski definition) is 2. The van der Waals surface area contributed by atoms with E-state index in [9.17, 15) is 0 Å². The van der Waals surface area contributed by atoms with Gasteiger partial charge in [0.1, 0.15) is 0 Å². The molecule has 80 valence electrons. The molecule has 0 aliphatic rings. The van der Waals surface area contributed by atoms with E-state index >= 15 is 0 Å². The molecule has 0 heterocycles. The summed E-state index contributed by atoms with van der Waals surface area (Å²) in [5, 5.41) is 8.01. The minimum Gasteiger partial charge on any atom is -0.369 e. The quantitative estimate of drug-likeness (QED) is 0.454. The first kappa shape index (κ1) is 11.5. The van der Waals surface area contributed by atoms with Gasteiger partial charge in [0.2, 0.25) is 5.96 Å². The molecule has 1 aromatic rings. The van der Waals surface area contributed by atoms with E-state index in [1.807, 2.05) is 26.0 Å². The smallest absolute Gasteiger partial charge is 0.211 e. The zero-order chi connectivity index (χ0) is 11.4. The molecule has 0 bridgehead atoms. The minimum atomic E-state index is -0.0614. The molecule has 0 saturated heterocycles. The van der Waals surface area contributed by atoms with Gasteiger partial charge in [0.15, 0.2) is 0 Å². The molecule has 4 N–H and O–H groups in total. The number of hydrogen-bond acceptors (Lipinski definition) is 2. The van der Waals surface area contributed by atoms with Crippen molar-refractivity contribution in [2.75, 3.05) is 0 Å². The fraction of sp³-hybridized carbons (Fsp3) is 0.200. The van der Waals surface area contributed by atoms with Crippen molar-refractivity contribution in [2.24, 2.45) is 21.7 Å². The fourth-order valence-corrected chi connectivity index (χ4v) is 1.33. The Morgan fingerprint density at radius 1 is 1.27 bits per heavy atom. The Labute approximate surface area is 93.6 Å². The van der Waals surface area contributed by atoms with Crippen LogP contribution in [-0.4, -0.2) is 12.2 Å². The molecule has 1 rings (SSSR count). The highest BCUT2D eigenvalue weighted by molar-refractivity contribution is 6.32. The molecule has 0 spiro atoms. The van der Waals surface area contributed by atoms with Crippen molar-refractivity contribution in [3.05, 3.63) is 33.8 Å². The second-order valence-corrected chi connectivity index (χ2v) is 3.62. The maximum Gasteiger partial charge on any atom is 0.211 e. The number of nitrogens with zero attached hydrogens (tertiary/aromatic N) is 2. The van der Waals surface area contributed by atoms with Crippen molar-refractivity contribution in [3.8, 4) is 0 Å². The van der Waals surface area contributed by atoms with Crippen molar-refractivity contribution >= 4 is 23.8 Å². The first-order valence-corrected chi connectivity index (χ1v) is 4.77. The lowest BCUT2D eigenvalue weighted by atomic mass is 10.1. The van der Waals surface area contributed by atoms with Crippen LogP contribution in [0.2, 0.25) is 5.02 Å². The van der Waals surface area contributed by atoms with E-state index in [0.29, 0.717) is 0 Å². The van der Waals surface area contributed by atoms with Gasteiger partial charge in [-0.1, -0.05) is 11.6 Å². The summed E-state index contributed by atoms with van der Waals surface area (Å²) in [7, 11) is 0. The maximum absolute atomic E-state index is 6.02. The van der Waals surface area contributed by atoms with Crippen LogP contribution < -0.4 is 11.5 Å². The zero-order valence-electron chi connectivity index (χ0n) is 8.66. The number of benzene rings is 1. The summed E-state index contributed by atoms with van der Waals surface area (Å²) in [6.45, 7) is 3.88. The summed E-state index contributed by atoms with van der Waals surface area (Å²) in [4.78, 5) is 0. The van der Waals surface area contributed by atoms with Crippen LogP contribution in [0.25, 0.3) is 0 Å². The van der Waals surface area contributed by atoms with Crippen LogP contribution >= 0.6 is 11.6 Å². The van der Waals surface area contributed by atoms with Gasteiger partial charge in [0.05, 0.1) is 6.21 Å². The molecule has 0 aromatic heterocycles. The number of rotatable bonds is 2. The lowest BCUT2D eigenvalue weighted by Gasteiger charge is -2.03. The molecular weight excluding hydrogens is 212 g/mol. The maximum atomic E-state index is 6.02. The van der Waals surface area contributed by atoms with Crippen LogP contribution in [-0.2, 0) is 0 Å². The third kappa shape index (κ3) is 3.25. The van der Waals surface area contributed by atoms with Gasteiger partial charge in [0.25, 0.3) is 0 Å². The summed E-state index contributed by atoms with van der Waals surface area (Å²) in [5.74, 6) is -0.0614. The minimum absolute atomic E-state index is 0.0614. The van der Waals surface area contributed by atoms with Gasteiger partial charge in [-0.3, -0.25) is 0 Å². The molecule has 0 aliphatic carbocycles. The largest absolute Gasteiger partial charge is 0.369 e. The van der Waals surface area contributed by atoms with Gasteiger partial charge < -0.3 is 11.5 Å².